The molecule has 0 aromatic heterocycles. The average Bonchev–Trinajstić information content (AvgIpc) is 2.44. The van der Waals surface area contributed by atoms with Crippen LogP contribution in [0.2, 0.25) is 10.0 Å². The smallest absolute Gasteiger partial charge is 0.0516 e. The molecule has 2 atom stereocenters. The van der Waals surface area contributed by atoms with Crippen LogP contribution < -0.4 is 10.6 Å². The molecule has 2 aromatic carbocycles. The summed E-state index contributed by atoms with van der Waals surface area (Å²) in [7, 11) is 3.89. The zero-order valence-electron chi connectivity index (χ0n) is 11.5. The van der Waals surface area contributed by atoms with Crippen LogP contribution in [0, 0.1) is 0 Å². The van der Waals surface area contributed by atoms with E-state index in [9.17, 15) is 0 Å². The summed E-state index contributed by atoms with van der Waals surface area (Å²) < 4.78 is 0. The Labute approximate surface area is 130 Å². The molecule has 0 spiro atoms. The van der Waals surface area contributed by atoms with Gasteiger partial charge in [-0.2, -0.15) is 0 Å². The number of hydrogen-bond acceptors (Lipinski definition) is 2. The van der Waals surface area contributed by atoms with E-state index in [4.69, 9.17) is 23.2 Å². The van der Waals surface area contributed by atoms with Gasteiger partial charge in [-0.15, -0.1) is 0 Å². The van der Waals surface area contributed by atoms with E-state index in [-0.39, 0.29) is 12.1 Å². The summed E-state index contributed by atoms with van der Waals surface area (Å²) in [5.41, 5.74) is 2.28. The molecule has 2 N–H and O–H groups in total. The van der Waals surface area contributed by atoms with Gasteiger partial charge in [-0.3, -0.25) is 0 Å². The highest BCUT2D eigenvalue weighted by molar-refractivity contribution is 6.30. The average molecular weight is 309 g/mol. The molecule has 0 aliphatic carbocycles. The fourth-order valence-electron chi connectivity index (χ4n) is 2.45. The van der Waals surface area contributed by atoms with Crippen LogP contribution in [0.5, 0.6) is 0 Å². The molecule has 2 nitrogen and oxygen atoms in total. The molecule has 2 rings (SSSR count). The number of likely N-dealkylation sites (N-methyl/N-ethyl adjacent to an activating group) is 2. The van der Waals surface area contributed by atoms with Crippen LogP contribution >= 0.6 is 23.2 Å². The third-order valence-electron chi connectivity index (χ3n) is 3.37. The quantitative estimate of drug-likeness (QED) is 0.864. The van der Waals surface area contributed by atoms with Gasteiger partial charge in [0.1, 0.15) is 0 Å². The number of benzene rings is 2. The largest absolute Gasteiger partial charge is 0.311 e. The van der Waals surface area contributed by atoms with Gasteiger partial charge in [-0.25, -0.2) is 0 Å². The van der Waals surface area contributed by atoms with Gasteiger partial charge in [0.25, 0.3) is 0 Å². The summed E-state index contributed by atoms with van der Waals surface area (Å²) in [4.78, 5) is 0. The minimum atomic E-state index is 0.108. The summed E-state index contributed by atoms with van der Waals surface area (Å²) >= 11 is 12.2. The molecule has 0 saturated carbocycles. The molecule has 2 aromatic rings. The van der Waals surface area contributed by atoms with Crippen molar-refractivity contribution in [2.75, 3.05) is 14.1 Å². The Morgan fingerprint density at radius 3 is 1.45 bits per heavy atom. The maximum absolute atomic E-state index is 6.10. The lowest BCUT2D eigenvalue weighted by Crippen LogP contribution is -2.31. The standard InChI is InChI=1S/C16H18Cl2N2/c1-19-15(11-5-3-7-13(17)9-11)16(20-2)12-6-4-8-14(18)10-12/h3-10,15-16,19-20H,1-2H3/t15-,16-/m1/s1. The van der Waals surface area contributed by atoms with E-state index in [2.05, 4.69) is 22.8 Å². The monoisotopic (exact) mass is 308 g/mol. The number of nitrogens with one attached hydrogen (secondary N) is 2. The molecule has 0 aliphatic heterocycles. The molecule has 0 radical (unpaired) electrons. The normalized spacial score (nSPS) is 14.0. The number of hydrogen-bond donors (Lipinski definition) is 2. The van der Waals surface area contributed by atoms with Crippen molar-refractivity contribution >= 4 is 23.2 Å². The van der Waals surface area contributed by atoms with Crippen molar-refractivity contribution in [1.29, 1.82) is 0 Å². The lowest BCUT2D eigenvalue weighted by Gasteiger charge is -2.27. The van der Waals surface area contributed by atoms with Gasteiger partial charge in [0, 0.05) is 10.0 Å². The first-order valence-electron chi connectivity index (χ1n) is 6.51. The van der Waals surface area contributed by atoms with Gasteiger partial charge in [0.15, 0.2) is 0 Å². The SMILES string of the molecule is CN[C@H](c1cccc(Cl)c1)[C@H](NC)c1cccc(Cl)c1. The van der Waals surface area contributed by atoms with Crippen LogP contribution in [-0.4, -0.2) is 14.1 Å². The van der Waals surface area contributed by atoms with Crippen molar-refractivity contribution in [3.63, 3.8) is 0 Å². The highest BCUT2D eigenvalue weighted by Crippen LogP contribution is 2.30. The van der Waals surface area contributed by atoms with Crippen molar-refractivity contribution in [2.24, 2.45) is 0 Å². The van der Waals surface area contributed by atoms with Crippen molar-refractivity contribution in [1.82, 2.24) is 10.6 Å². The first-order chi connectivity index (χ1) is 9.65. The number of rotatable bonds is 5. The van der Waals surface area contributed by atoms with Crippen molar-refractivity contribution < 1.29 is 0 Å². The minimum Gasteiger partial charge on any atom is -0.311 e. The zero-order chi connectivity index (χ0) is 14.5. The van der Waals surface area contributed by atoms with Gasteiger partial charge in [-0.05, 0) is 49.5 Å². The lowest BCUT2D eigenvalue weighted by atomic mass is 9.93. The van der Waals surface area contributed by atoms with Gasteiger partial charge in [-0.1, -0.05) is 47.5 Å². The molecule has 0 heterocycles. The zero-order valence-corrected chi connectivity index (χ0v) is 13.0. The van der Waals surface area contributed by atoms with E-state index < -0.39 is 0 Å². The van der Waals surface area contributed by atoms with E-state index in [1.807, 2.05) is 50.5 Å². The summed E-state index contributed by atoms with van der Waals surface area (Å²) in [6, 6.07) is 16.0. The van der Waals surface area contributed by atoms with E-state index >= 15 is 0 Å². The predicted octanol–water partition coefficient (Wildman–Crippen LogP) is 4.21. The maximum Gasteiger partial charge on any atom is 0.0516 e. The fraction of sp³-hybridized carbons (Fsp3) is 0.250. The van der Waals surface area contributed by atoms with Gasteiger partial charge < -0.3 is 10.6 Å². The third-order valence-corrected chi connectivity index (χ3v) is 3.84. The van der Waals surface area contributed by atoms with E-state index in [0.717, 1.165) is 21.2 Å². The Hall–Kier alpha value is -1.06. The van der Waals surface area contributed by atoms with Crippen molar-refractivity contribution in [2.45, 2.75) is 12.1 Å². The van der Waals surface area contributed by atoms with Crippen LogP contribution in [0.3, 0.4) is 0 Å². The summed E-state index contributed by atoms with van der Waals surface area (Å²) in [5, 5.41) is 8.18. The van der Waals surface area contributed by atoms with Gasteiger partial charge in [0.05, 0.1) is 12.1 Å². The lowest BCUT2D eigenvalue weighted by molar-refractivity contribution is 0.432. The van der Waals surface area contributed by atoms with Gasteiger partial charge >= 0.3 is 0 Å². The Balaban J connectivity index is 2.37. The molecule has 106 valence electrons. The van der Waals surface area contributed by atoms with Crippen LogP contribution in [0.4, 0.5) is 0 Å². The molecule has 0 bridgehead atoms. The van der Waals surface area contributed by atoms with E-state index in [0.29, 0.717) is 0 Å². The second-order valence-corrected chi connectivity index (χ2v) is 5.52. The Morgan fingerprint density at radius 1 is 0.750 bits per heavy atom. The molecule has 4 heteroatoms. The molecule has 0 aliphatic rings. The first kappa shape index (κ1) is 15.3. The van der Waals surface area contributed by atoms with Crippen LogP contribution in [0.25, 0.3) is 0 Å². The highest BCUT2D eigenvalue weighted by atomic mass is 35.5. The summed E-state index contributed by atoms with van der Waals surface area (Å²) in [5.74, 6) is 0. The van der Waals surface area contributed by atoms with Crippen LogP contribution in [-0.2, 0) is 0 Å². The number of halogens is 2. The predicted molar refractivity (Wildman–Crippen MR) is 86.5 cm³/mol. The molecule has 0 saturated heterocycles. The second-order valence-electron chi connectivity index (χ2n) is 4.64. The topological polar surface area (TPSA) is 24.1 Å². The summed E-state index contributed by atoms with van der Waals surface area (Å²) in [6.45, 7) is 0. The van der Waals surface area contributed by atoms with Crippen molar-refractivity contribution in [3.05, 3.63) is 69.7 Å². The Bertz CT molecular complexity index is 520. The molecular weight excluding hydrogens is 291 g/mol. The van der Waals surface area contributed by atoms with Crippen molar-refractivity contribution in [3.8, 4) is 0 Å². The third kappa shape index (κ3) is 3.53. The van der Waals surface area contributed by atoms with Gasteiger partial charge in [0.2, 0.25) is 0 Å². The van der Waals surface area contributed by atoms with Crippen LogP contribution in [0.1, 0.15) is 23.2 Å². The molecule has 0 amide bonds. The Morgan fingerprint density at radius 2 is 1.15 bits per heavy atom. The van der Waals surface area contributed by atoms with E-state index in [1.165, 1.54) is 0 Å². The molecule has 20 heavy (non-hydrogen) atoms. The fourth-order valence-corrected chi connectivity index (χ4v) is 2.85. The second kappa shape index (κ2) is 7.09. The maximum atomic E-state index is 6.10. The summed E-state index contributed by atoms with van der Waals surface area (Å²) in [6.07, 6.45) is 0. The minimum absolute atomic E-state index is 0.108. The molecular formula is C16H18Cl2N2. The Kier molecular flexibility index (Phi) is 5.44. The molecule has 0 fully saturated rings. The van der Waals surface area contributed by atoms with Crippen LogP contribution in [0.15, 0.2) is 48.5 Å². The first-order valence-corrected chi connectivity index (χ1v) is 7.26. The van der Waals surface area contributed by atoms with E-state index in [1.54, 1.807) is 0 Å². The molecule has 0 unspecified atom stereocenters. The highest BCUT2D eigenvalue weighted by Gasteiger charge is 2.22.